The average Bonchev–Trinajstić information content (AvgIpc) is 3.31. The third-order valence-electron chi connectivity index (χ3n) is 5.07. The third-order valence-corrected chi connectivity index (χ3v) is 5.89. The second kappa shape index (κ2) is 9.22. The van der Waals surface area contributed by atoms with Gasteiger partial charge in [-0.05, 0) is 40.4 Å². The molecule has 5 rings (SSSR count). The van der Waals surface area contributed by atoms with Crippen molar-refractivity contribution in [2.24, 2.45) is 0 Å². The molecule has 35 heavy (non-hydrogen) atoms. The number of hydrogen-bond acceptors (Lipinski definition) is 4. The van der Waals surface area contributed by atoms with Crippen LogP contribution in [0.1, 0.15) is 11.1 Å². The number of thiophene rings is 1. The van der Waals surface area contributed by atoms with Crippen LogP contribution in [0.5, 0.6) is 11.6 Å². The first-order chi connectivity index (χ1) is 16.1. The van der Waals surface area contributed by atoms with Crippen molar-refractivity contribution >= 4 is 32.9 Å². The fourth-order valence-corrected chi connectivity index (χ4v) is 4.20. The first kappa shape index (κ1) is 25.1. The molecule has 0 fully saturated rings. The molecule has 0 aliphatic rings. The van der Waals surface area contributed by atoms with E-state index in [2.05, 4.69) is 16.3 Å². The van der Waals surface area contributed by atoms with Gasteiger partial charge in [-0.1, -0.05) is 35.2 Å². The minimum Gasteiger partial charge on any atom is -0.437 e. The molecular formula is C24H11F6IrN2OS-. The zero-order valence-electron chi connectivity index (χ0n) is 17.2. The zero-order chi connectivity index (χ0) is 24.1. The Balaban J connectivity index is 0.00000289. The Hall–Kier alpha value is -3.01. The molecule has 11 heteroatoms. The van der Waals surface area contributed by atoms with E-state index in [0.29, 0.717) is 33.5 Å². The van der Waals surface area contributed by atoms with Gasteiger partial charge >= 0.3 is 12.4 Å². The van der Waals surface area contributed by atoms with E-state index in [-0.39, 0.29) is 32.1 Å². The van der Waals surface area contributed by atoms with Crippen LogP contribution < -0.4 is 4.74 Å². The molecule has 1 radical (unpaired) electrons. The smallest absolute Gasteiger partial charge is 0.416 e. The summed E-state index contributed by atoms with van der Waals surface area (Å²) >= 11 is 1.37. The number of halogens is 6. The van der Waals surface area contributed by atoms with Crippen LogP contribution in [-0.2, 0) is 32.5 Å². The van der Waals surface area contributed by atoms with Gasteiger partial charge in [0, 0.05) is 31.2 Å². The standard InChI is InChI=1S/C24H11F6N2OS.Ir/c25-23(26,27)15-10-16(24(28,29)30)12-17(11-15)33-22-19-9-14-5-2-1-4-13(14)8-18(19)21(31-32-22)20-6-3-7-34-20;/h1-5,7-12H;/q-1;. The predicted molar refractivity (Wildman–Crippen MR) is 116 cm³/mol. The molecule has 0 saturated carbocycles. The monoisotopic (exact) mass is 682 g/mol. The van der Waals surface area contributed by atoms with Gasteiger partial charge < -0.3 is 4.74 Å². The number of ether oxygens (including phenoxy) is 1. The van der Waals surface area contributed by atoms with Crippen LogP contribution in [0, 0.1) is 6.07 Å². The van der Waals surface area contributed by atoms with Crippen LogP contribution >= 0.6 is 11.3 Å². The van der Waals surface area contributed by atoms with Gasteiger partial charge in [-0.25, -0.2) is 16.4 Å². The molecular weight excluding hydrogens is 671 g/mol. The van der Waals surface area contributed by atoms with Crippen molar-refractivity contribution in [3.05, 3.63) is 83.2 Å². The van der Waals surface area contributed by atoms with E-state index in [0.717, 1.165) is 10.8 Å². The molecule has 181 valence electrons. The van der Waals surface area contributed by atoms with E-state index >= 15 is 0 Å². The van der Waals surface area contributed by atoms with E-state index in [4.69, 9.17) is 4.74 Å². The number of alkyl halides is 6. The largest absolute Gasteiger partial charge is 0.437 e. The van der Waals surface area contributed by atoms with Crippen LogP contribution in [0.25, 0.3) is 32.1 Å². The van der Waals surface area contributed by atoms with E-state index in [9.17, 15) is 26.3 Å². The molecule has 0 unspecified atom stereocenters. The summed E-state index contributed by atoms with van der Waals surface area (Å²) in [5, 5.41) is 12.6. The molecule has 0 bridgehead atoms. The van der Waals surface area contributed by atoms with Gasteiger partial charge in [-0.2, -0.15) is 38.5 Å². The molecule has 2 heterocycles. The first-order valence-electron chi connectivity index (χ1n) is 9.72. The van der Waals surface area contributed by atoms with Gasteiger partial charge in [0.15, 0.2) is 0 Å². The van der Waals surface area contributed by atoms with Crippen molar-refractivity contribution < 1.29 is 51.2 Å². The van der Waals surface area contributed by atoms with Gasteiger partial charge in [0.1, 0.15) is 5.75 Å². The van der Waals surface area contributed by atoms with E-state index < -0.39 is 29.2 Å². The summed E-state index contributed by atoms with van der Waals surface area (Å²) < 4.78 is 85.1. The fraction of sp³-hybridized carbons (Fsp3) is 0.0833. The van der Waals surface area contributed by atoms with Gasteiger partial charge in [0.05, 0.1) is 11.1 Å². The van der Waals surface area contributed by atoms with Crippen molar-refractivity contribution in [3.63, 3.8) is 0 Å². The summed E-state index contributed by atoms with van der Waals surface area (Å²) in [6, 6.07) is 16.7. The quantitative estimate of drug-likeness (QED) is 0.110. The van der Waals surface area contributed by atoms with Crippen LogP contribution in [0.4, 0.5) is 26.3 Å². The molecule has 3 nitrogen and oxygen atoms in total. The molecule has 0 saturated heterocycles. The summed E-state index contributed by atoms with van der Waals surface area (Å²) in [6.45, 7) is 0. The fourth-order valence-electron chi connectivity index (χ4n) is 3.53. The maximum absolute atomic E-state index is 13.3. The number of fused-ring (bicyclic) bond motifs is 2. The van der Waals surface area contributed by atoms with Gasteiger partial charge in [-0.15, -0.1) is 10.5 Å². The second-order valence-corrected chi connectivity index (χ2v) is 8.25. The Labute approximate surface area is 211 Å². The van der Waals surface area contributed by atoms with Crippen molar-refractivity contribution in [1.29, 1.82) is 0 Å². The van der Waals surface area contributed by atoms with E-state index in [1.165, 1.54) is 11.3 Å². The Kier molecular flexibility index (Phi) is 6.61. The number of aromatic nitrogens is 2. The average molecular weight is 682 g/mol. The Morgan fingerprint density at radius 1 is 0.771 bits per heavy atom. The summed E-state index contributed by atoms with van der Waals surface area (Å²) in [4.78, 5) is 0.678. The molecule has 0 spiro atoms. The van der Waals surface area contributed by atoms with Gasteiger partial charge in [0.2, 0.25) is 5.88 Å². The van der Waals surface area contributed by atoms with Crippen molar-refractivity contribution in [3.8, 4) is 22.2 Å². The van der Waals surface area contributed by atoms with Crippen LogP contribution in [0.2, 0.25) is 0 Å². The SMILES string of the molecule is FC(F)(F)c1cc(Oc2nnc(-c3[c-]ccs3)c3cc4ccccc4cc23)cc(C(F)(F)F)c1.[Ir]. The van der Waals surface area contributed by atoms with Gasteiger partial charge in [0.25, 0.3) is 0 Å². The molecule has 2 aromatic heterocycles. The zero-order valence-corrected chi connectivity index (χ0v) is 20.4. The third kappa shape index (κ3) is 5.03. The Morgan fingerprint density at radius 3 is 1.91 bits per heavy atom. The summed E-state index contributed by atoms with van der Waals surface area (Å²) in [7, 11) is 0. The van der Waals surface area contributed by atoms with Crippen molar-refractivity contribution in [1.82, 2.24) is 10.2 Å². The maximum atomic E-state index is 13.3. The van der Waals surface area contributed by atoms with Gasteiger partial charge in [-0.3, -0.25) is 0 Å². The normalized spacial score (nSPS) is 12.1. The Morgan fingerprint density at radius 2 is 1.37 bits per heavy atom. The Bertz CT molecular complexity index is 1480. The number of rotatable bonds is 3. The molecule has 0 aliphatic carbocycles. The summed E-state index contributed by atoms with van der Waals surface area (Å²) in [5.74, 6) is -0.866. The first-order valence-corrected chi connectivity index (χ1v) is 10.6. The number of nitrogens with zero attached hydrogens (tertiary/aromatic N) is 2. The van der Waals surface area contributed by atoms with Crippen LogP contribution in [0.15, 0.2) is 66.0 Å². The summed E-state index contributed by atoms with van der Waals surface area (Å²) in [5.41, 5.74) is -2.49. The molecule has 0 aliphatic heterocycles. The maximum Gasteiger partial charge on any atom is 0.416 e. The molecule has 0 atom stereocenters. The second-order valence-electron chi connectivity index (χ2n) is 7.34. The van der Waals surface area contributed by atoms with Crippen molar-refractivity contribution in [2.75, 3.05) is 0 Å². The molecule has 0 amide bonds. The topological polar surface area (TPSA) is 35.0 Å². The molecule has 0 N–H and O–H groups in total. The molecule has 5 aromatic rings. The van der Waals surface area contributed by atoms with Crippen LogP contribution in [-0.4, -0.2) is 10.2 Å². The van der Waals surface area contributed by atoms with E-state index in [1.807, 2.05) is 24.3 Å². The minimum atomic E-state index is -5.00. The number of hydrogen-bond donors (Lipinski definition) is 0. The van der Waals surface area contributed by atoms with Crippen LogP contribution in [0.3, 0.4) is 0 Å². The van der Waals surface area contributed by atoms with E-state index in [1.54, 1.807) is 23.6 Å². The minimum absolute atomic E-state index is 0. The van der Waals surface area contributed by atoms with Crippen molar-refractivity contribution in [2.45, 2.75) is 12.4 Å². The number of benzene rings is 3. The molecule has 3 aromatic carbocycles. The summed E-state index contributed by atoms with van der Waals surface area (Å²) in [6.07, 6.45) is -10.00. The predicted octanol–water partition coefficient (Wildman–Crippen LogP) is 8.14.